The van der Waals surface area contributed by atoms with Crippen molar-refractivity contribution in [2.24, 2.45) is 0 Å². The van der Waals surface area contributed by atoms with Crippen molar-refractivity contribution in [2.45, 2.75) is 31.3 Å². The van der Waals surface area contributed by atoms with Gasteiger partial charge < -0.3 is 10.1 Å². The summed E-state index contributed by atoms with van der Waals surface area (Å²) in [6.45, 7) is 0.797. The number of methoxy groups -OCH3 is 1. The first-order chi connectivity index (χ1) is 7.38. The van der Waals surface area contributed by atoms with Gasteiger partial charge in [-0.2, -0.15) is 0 Å². The van der Waals surface area contributed by atoms with Crippen LogP contribution in [0.1, 0.15) is 18.4 Å². The average molecular weight is 205 g/mol. The summed E-state index contributed by atoms with van der Waals surface area (Å²) in [6.07, 6.45) is 3.72. The summed E-state index contributed by atoms with van der Waals surface area (Å²) in [7, 11) is 1.77. The highest BCUT2D eigenvalue weighted by Gasteiger charge is 2.24. The minimum Gasteiger partial charge on any atom is -0.383 e. The summed E-state index contributed by atoms with van der Waals surface area (Å²) in [5.74, 6) is 0. The molecule has 1 aromatic rings. The molecule has 82 valence electrons. The van der Waals surface area contributed by atoms with Gasteiger partial charge in [-0.1, -0.05) is 30.3 Å². The molecule has 1 aliphatic rings. The molecule has 0 saturated heterocycles. The third-order valence-corrected chi connectivity index (χ3v) is 2.74. The normalized spacial score (nSPS) is 17.7. The Morgan fingerprint density at radius 1 is 1.33 bits per heavy atom. The van der Waals surface area contributed by atoms with Gasteiger partial charge in [-0.05, 0) is 24.8 Å². The zero-order valence-electron chi connectivity index (χ0n) is 9.28. The molecule has 2 nitrogen and oxygen atoms in total. The zero-order chi connectivity index (χ0) is 10.5. The number of benzene rings is 1. The number of hydrogen-bond donors (Lipinski definition) is 1. The van der Waals surface area contributed by atoms with Crippen molar-refractivity contribution in [2.75, 3.05) is 13.7 Å². The van der Waals surface area contributed by atoms with E-state index in [1.165, 1.54) is 18.4 Å². The first-order valence-electron chi connectivity index (χ1n) is 5.67. The summed E-state index contributed by atoms with van der Waals surface area (Å²) in [6, 6.07) is 11.8. The van der Waals surface area contributed by atoms with Crippen LogP contribution in [0.3, 0.4) is 0 Å². The molecule has 0 bridgehead atoms. The van der Waals surface area contributed by atoms with Crippen LogP contribution in [0.15, 0.2) is 30.3 Å². The van der Waals surface area contributed by atoms with Gasteiger partial charge in [-0.15, -0.1) is 0 Å². The second kappa shape index (κ2) is 5.29. The molecule has 1 aliphatic carbocycles. The van der Waals surface area contributed by atoms with Gasteiger partial charge in [0.2, 0.25) is 0 Å². The molecule has 0 radical (unpaired) electrons. The summed E-state index contributed by atoms with van der Waals surface area (Å²) in [5, 5.41) is 3.62. The van der Waals surface area contributed by atoms with Crippen molar-refractivity contribution < 1.29 is 4.74 Å². The van der Waals surface area contributed by atoms with E-state index < -0.39 is 0 Å². The molecule has 2 heteroatoms. The number of ether oxygens (including phenoxy) is 1. The maximum atomic E-state index is 5.24. The third-order valence-electron chi connectivity index (χ3n) is 2.74. The van der Waals surface area contributed by atoms with Crippen molar-refractivity contribution in [1.29, 1.82) is 0 Å². The minimum atomic E-state index is 0.463. The molecule has 0 spiro atoms. The van der Waals surface area contributed by atoms with E-state index in [4.69, 9.17) is 4.74 Å². The monoisotopic (exact) mass is 205 g/mol. The topological polar surface area (TPSA) is 21.3 Å². The lowest BCUT2D eigenvalue weighted by Gasteiger charge is -2.17. The van der Waals surface area contributed by atoms with Crippen LogP contribution < -0.4 is 5.32 Å². The fourth-order valence-corrected chi connectivity index (χ4v) is 1.85. The van der Waals surface area contributed by atoms with E-state index in [-0.39, 0.29) is 0 Å². The second-order valence-corrected chi connectivity index (χ2v) is 4.28. The Labute approximate surface area is 91.6 Å². The predicted molar refractivity (Wildman–Crippen MR) is 62.0 cm³/mol. The summed E-state index contributed by atoms with van der Waals surface area (Å²) in [5.41, 5.74) is 1.38. The number of nitrogens with one attached hydrogen (secondary N) is 1. The highest BCUT2D eigenvalue weighted by atomic mass is 16.5. The molecule has 0 aliphatic heterocycles. The van der Waals surface area contributed by atoms with E-state index in [9.17, 15) is 0 Å². The quantitative estimate of drug-likeness (QED) is 0.767. The van der Waals surface area contributed by atoms with Gasteiger partial charge in [0.05, 0.1) is 6.61 Å². The van der Waals surface area contributed by atoms with Crippen LogP contribution in [0.2, 0.25) is 0 Å². The van der Waals surface area contributed by atoms with E-state index in [2.05, 4.69) is 35.6 Å². The molecule has 2 rings (SSSR count). The van der Waals surface area contributed by atoms with Crippen LogP contribution in [0.4, 0.5) is 0 Å². The highest BCUT2D eigenvalue weighted by molar-refractivity contribution is 5.16. The number of rotatable bonds is 6. The van der Waals surface area contributed by atoms with Gasteiger partial charge in [-0.25, -0.2) is 0 Å². The van der Waals surface area contributed by atoms with E-state index in [1.54, 1.807) is 7.11 Å². The Balaban J connectivity index is 1.87. The average Bonchev–Trinajstić information content (AvgIpc) is 3.03. The van der Waals surface area contributed by atoms with Crippen LogP contribution >= 0.6 is 0 Å². The smallest absolute Gasteiger partial charge is 0.0619 e. The maximum Gasteiger partial charge on any atom is 0.0619 e. The van der Waals surface area contributed by atoms with E-state index in [1.807, 2.05) is 0 Å². The van der Waals surface area contributed by atoms with Gasteiger partial charge in [0.15, 0.2) is 0 Å². The van der Waals surface area contributed by atoms with Crippen molar-refractivity contribution in [1.82, 2.24) is 5.32 Å². The highest BCUT2D eigenvalue weighted by Crippen LogP contribution is 2.20. The van der Waals surface area contributed by atoms with Gasteiger partial charge in [-0.3, -0.25) is 0 Å². The van der Waals surface area contributed by atoms with Gasteiger partial charge >= 0.3 is 0 Å². The molecular formula is C13H19NO. The predicted octanol–water partition coefficient (Wildman–Crippen LogP) is 2.00. The standard InChI is InChI=1S/C13H19NO/c1-15-10-13(14-12-7-8-12)9-11-5-3-2-4-6-11/h2-6,12-14H,7-10H2,1H3. The molecule has 0 aromatic heterocycles. The van der Waals surface area contributed by atoms with E-state index in [0.717, 1.165) is 19.1 Å². The Morgan fingerprint density at radius 3 is 2.67 bits per heavy atom. The SMILES string of the molecule is COCC(Cc1ccccc1)NC1CC1. The van der Waals surface area contributed by atoms with Crippen LogP contribution in [-0.2, 0) is 11.2 Å². The molecule has 1 N–H and O–H groups in total. The fourth-order valence-electron chi connectivity index (χ4n) is 1.85. The third kappa shape index (κ3) is 3.65. The molecule has 1 saturated carbocycles. The molecule has 15 heavy (non-hydrogen) atoms. The van der Waals surface area contributed by atoms with Crippen LogP contribution in [0.5, 0.6) is 0 Å². The largest absolute Gasteiger partial charge is 0.383 e. The lowest BCUT2D eigenvalue weighted by Crippen LogP contribution is -2.36. The van der Waals surface area contributed by atoms with Gasteiger partial charge in [0.1, 0.15) is 0 Å². The Hall–Kier alpha value is -0.860. The first kappa shape index (κ1) is 10.7. The first-order valence-corrected chi connectivity index (χ1v) is 5.67. The molecule has 1 unspecified atom stereocenters. The Morgan fingerprint density at radius 2 is 2.07 bits per heavy atom. The van der Waals surface area contributed by atoms with Crippen molar-refractivity contribution in [3.8, 4) is 0 Å². The second-order valence-electron chi connectivity index (χ2n) is 4.28. The minimum absolute atomic E-state index is 0.463. The summed E-state index contributed by atoms with van der Waals surface area (Å²) >= 11 is 0. The molecule has 1 fully saturated rings. The van der Waals surface area contributed by atoms with Crippen LogP contribution in [-0.4, -0.2) is 25.8 Å². The molecule has 0 heterocycles. The van der Waals surface area contributed by atoms with Crippen molar-refractivity contribution in [3.05, 3.63) is 35.9 Å². The van der Waals surface area contributed by atoms with Crippen LogP contribution in [0, 0.1) is 0 Å². The summed E-state index contributed by atoms with van der Waals surface area (Å²) in [4.78, 5) is 0. The zero-order valence-corrected chi connectivity index (χ0v) is 9.28. The fraction of sp³-hybridized carbons (Fsp3) is 0.538. The molecule has 1 atom stereocenters. The van der Waals surface area contributed by atoms with Gasteiger partial charge in [0.25, 0.3) is 0 Å². The van der Waals surface area contributed by atoms with Gasteiger partial charge in [0, 0.05) is 19.2 Å². The molecular weight excluding hydrogens is 186 g/mol. The lowest BCUT2D eigenvalue weighted by atomic mass is 10.1. The maximum absolute atomic E-state index is 5.24. The van der Waals surface area contributed by atoms with E-state index >= 15 is 0 Å². The lowest BCUT2D eigenvalue weighted by molar-refractivity contribution is 0.165. The number of hydrogen-bond acceptors (Lipinski definition) is 2. The van der Waals surface area contributed by atoms with Crippen LogP contribution in [0.25, 0.3) is 0 Å². The molecule has 0 amide bonds. The summed E-state index contributed by atoms with van der Waals surface area (Å²) < 4.78 is 5.24. The van der Waals surface area contributed by atoms with Crippen molar-refractivity contribution in [3.63, 3.8) is 0 Å². The Bertz CT molecular complexity index is 282. The molecule has 1 aromatic carbocycles. The van der Waals surface area contributed by atoms with E-state index in [0.29, 0.717) is 6.04 Å². The van der Waals surface area contributed by atoms with Crippen molar-refractivity contribution >= 4 is 0 Å². The Kier molecular flexibility index (Phi) is 3.75.